The second-order valence-electron chi connectivity index (χ2n) is 18.2. The van der Waals surface area contributed by atoms with Crippen molar-refractivity contribution in [2.45, 2.75) is 0 Å². The van der Waals surface area contributed by atoms with Gasteiger partial charge in [-0.3, -0.25) is 0 Å². The third-order valence-electron chi connectivity index (χ3n) is 14.8. The number of hydrogen-bond donors (Lipinski definition) is 0. The first-order valence-electron chi connectivity index (χ1n) is 23.2. The Labute approximate surface area is 385 Å². The molecule has 1 heteroatoms. The molecule has 0 aliphatic heterocycles. The highest BCUT2D eigenvalue weighted by molar-refractivity contribution is 6.33. The zero-order chi connectivity index (χ0) is 43.7. The van der Waals surface area contributed by atoms with Crippen molar-refractivity contribution in [2.75, 3.05) is 0 Å². The van der Waals surface area contributed by atoms with E-state index < -0.39 is 0 Å². The minimum atomic E-state index is 0.921. The molecule has 0 saturated heterocycles. The summed E-state index contributed by atoms with van der Waals surface area (Å²) in [7, 11) is 0. The van der Waals surface area contributed by atoms with Crippen LogP contribution in [0.5, 0.6) is 0 Å². The van der Waals surface area contributed by atoms with Crippen LogP contribution in [0.25, 0.3) is 153 Å². The van der Waals surface area contributed by atoms with Gasteiger partial charge in [-0.15, -0.1) is 0 Å². The molecule has 67 heavy (non-hydrogen) atoms. The van der Waals surface area contributed by atoms with Crippen molar-refractivity contribution in [3.8, 4) is 44.5 Å². The normalized spacial score (nSPS) is 12.2. The van der Waals surface area contributed by atoms with E-state index in [0.29, 0.717) is 0 Å². The zero-order valence-electron chi connectivity index (χ0n) is 36.3. The summed E-state index contributed by atoms with van der Waals surface area (Å²) in [4.78, 5) is 0. The number of hydrogen-bond acceptors (Lipinski definition) is 1. The van der Waals surface area contributed by atoms with Crippen molar-refractivity contribution in [3.63, 3.8) is 0 Å². The van der Waals surface area contributed by atoms with Crippen molar-refractivity contribution in [3.05, 3.63) is 231 Å². The van der Waals surface area contributed by atoms with Gasteiger partial charge in [-0.25, -0.2) is 0 Å². The van der Waals surface area contributed by atoms with Gasteiger partial charge in [0.15, 0.2) is 0 Å². The number of para-hydroxylation sites is 1. The molecule has 1 heterocycles. The van der Waals surface area contributed by atoms with Crippen molar-refractivity contribution < 1.29 is 4.42 Å². The maximum Gasteiger partial charge on any atom is 0.143 e. The van der Waals surface area contributed by atoms with Crippen molar-refractivity contribution in [1.29, 1.82) is 0 Å². The molecule has 0 aliphatic rings. The molecule has 0 amide bonds. The minimum absolute atomic E-state index is 0.921. The number of furan rings is 1. The predicted octanol–water partition coefficient (Wildman–Crippen LogP) is 18.9. The van der Waals surface area contributed by atoms with E-state index in [-0.39, 0.29) is 0 Å². The standard InChI is InChI=1S/C66H38O/c1-2-12-39(13-3-1)45-31-26-42-29-35-56-46(32-27-43-28-34-55(45)63(42)64(43)56)40-22-24-41(25-23-40)61-51-17-6-8-19-53(51)62(54-20-9-7-18-52(54)61)44-30-33-48-57-36-37-58-49-15-10-11-21-60(49)67-66(58)65(57)50-16-5-4-14-47(50)59(48)38-44/h1-38H. The Balaban J connectivity index is 0.898. The van der Waals surface area contributed by atoms with E-state index in [4.69, 9.17) is 4.42 Å². The van der Waals surface area contributed by atoms with Gasteiger partial charge in [0.25, 0.3) is 0 Å². The highest BCUT2D eigenvalue weighted by atomic mass is 16.3. The van der Waals surface area contributed by atoms with Crippen LogP contribution in [0.15, 0.2) is 235 Å². The van der Waals surface area contributed by atoms with Crippen molar-refractivity contribution in [2.24, 2.45) is 0 Å². The van der Waals surface area contributed by atoms with Gasteiger partial charge < -0.3 is 4.42 Å². The monoisotopic (exact) mass is 846 g/mol. The Hall–Kier alpha value is -8.78. The molecule has 0 aliphatic carbocycles. The molecule has 0 saturated carbocycles. The van der Waals surface area contributed by atoms with Crippen LogP contribution in [0, 0.1) is 0 Å². The SMILES string of the molecule is c1ccc(-c2ccc3ccc4c(-c5ccc(-c6c7ccccc7c(-c7ccc8c(c7)c7ccccc7c7c8ccc8c9ccccc9oc87)c7ccccc67)cc5)ccc5ccc2c3c54)cc1. The second-order valence-corrected chi connectivity index (χ2v) is 18.2. The van der Waals surface area contributed by atoms with Gasteiger partial charge in [0.05, 0.1) is 0 Å². The van der Waals surface area contributed by atoms with Crippen LogP contribution in [-0.4, -0.2) is 0 Å². The second kappa shape index (κ2) is 13.9. The third-order valence-corrected chi connectivity index (χ3v) is 14.8. The van der Waals surface area contributed by atoms with E-state index in [0.717, 1.165) is 21.9 Å². The zero-order valence-corrected chi connectivity index (χ0v) is 36.3. The smallest absolute Gasteiger partial charge is 0.143 e. The molecule has 0 fully saturated rings. The van der Waals surface area contributed by atoms with E-state index >= 15 is 0 Å². The summed E-state index contributed by atoms with van der Waals surface area (Å²) in [5, 5.41) is 22.4. The molecule has 0 spiro atoms. The molecule has 0 radical (unpaired) electrons. The molecule has 15 rings (SSSR count). The number of rotatable bonds is 4. The van der Waals surface area contributed by atoms with E-state index in [2.05, 4.69) is 231 Å². The summed E-state index contributed by atoms with van der Waals surface area (Å²) in [5.41, 5.74) is 11.8. The highest BCUT2D eigenvalue weighted by Crippen LogP contribution is 2.48. The Morgan fingerprint density at radius 1 is 0.224 bits per heavy atom. The van der Waals surface area contributed by atoms with E-state index in [9.17, 15) is 0 Å². The highest BCUT2D eigenvalue weighted by Gasteiger charge is 2.21. The van der Waals surface area contributed by atoms with Crippen LogP contribution < -0.4 is 0 Å². The number of benzene rings is 14. The van der Waals surface area contributed by atoms with Crippen LogP contribution >= 0.6 is 0 Å². The van der Waals surface area contributed by atoms with E-state index in [1.165, 1.54) is 131 Å². The lowest BCUT2D eigenvalue weighted by Gasteiger charge is -2.19. The molecule has 0 bridgehead atoms. The molecular formula is C66H38O. The van der Waals surface area contributed by atoms with Crippen LogP contribution in [0.2, 0.25) is 0 Å². The van der Waals surface area contributed by atoms with Crippen LogP contribution in [0.3, 0.4) is 0 Å². The minimum Gasteiger partial charge on any atom is -0.455 e. The maximum absolute atomic E-state index is 6.64. The number of fused-ring (bicyclic) bond motifs is 12. The summed E-state index contributed by atoms with van der Waals surface area (Å²) in [6.45, 7) is 0. The lowest BCUT2D eigenvalue weighted by molar-refractivity contribution is 0.673. The summed E-state index contributed by atoms with van der Waals surface area (Å²) < 4.78 is 6.64. The molecule has 15 aromatic rings. The Bertz CT molecular complexity index is 4460. The summed E-state index contributed by atoms with van der Waals surface area (Å²) >= 11 is 0. The molecular weight excluding hydrogens is 809 g/mol. The van der Waals surface area contributed by atoms with Gasteiger partial charge in [0.2, 0.25) is 0 Å². The Morgan fingerprint density at radius 3 is 1.28 bits per heavy atom. The molecule has 0 unspecified atom stereocenters. The lowest BCUT2D eigenvalue weighted by atomic mass is 9.84. The molecule has 1 aromatic heterocycles. The van der Waals surface area contributed by atoms with Crippen LogP contribution in [0.4, 0.5) is 0 Å². The van der Waals surface area contributed by atoms with Gasteiger partial charge in [0, 0.05) is 16.2 Å². The third kappa shape index (κ3) is 5.20. The molecule has 0 N–H and O–H groups in total. The fourth-order valence-corrected chi connectivity index (χ4v) is 11.9. The molecule has 1 nitrogen and oxygen atoms in total. The predicted molar refractivity (Wildman–Crippen MR) is 287 cm³/mol. The topological polar surface area (TPSA) is 13.1 Å². The molecule has 14 aromatic carbocycles. The van der Waals surface area contributed by atoms with Gasteiger partial charge in [-0.2, -0.15) is 0 Å². The summed E-state index contributed by atoms with van der Waals surface area (Å²) in [6.07, 6.45) is 0. The first-order valence-corrected chi connectivity index (χ1v) is 23.2. The average Bonchev–Trinajstić information content (AvgIpc) is 3.78. The molecule has 308 valence electrons. The summed E-state index contributed by atoms with van der Waals surface area (Å²) in [5.74, 6) is 0. The molecule has 0 atom stereocenters. The lowest BCUT2D eigenvalue weighted by Crippen LogP contribution is -1.92. The fraction of sp³-hybridized carbons (Fsp3) is 0. The van der Waals surface area contributed by atoms with Crippen molar-refractivity contribution >= 4 is 108 Å². The summed E-state index contributed by atoms with van der Waals surface area (Å²) in [6, 6.07) is 85.3. The maximum atomic E-state index is 6.64. The van der Waals surface area contributed by atoms with E-state index in [1.54, 1.807) is 0 Å². The van der Waals surface area contributed by atoms with Crippen molar-refractivity contribution in [1.82, 2.24) is 0 Å². The van der Waals surface area contributed by atoms with Gasteiger partial charge >= 0.3 is 0 Å². The quantitative estimate of drug-likeness (QED) is 0.127. The fourth-order valence-electron chi connectivity index (χ4n) is 11.9. The van der Waals surface area contributed by atoms with E-state index in [1.807, 2.05) is 0 Å². The van der Waals surface area contributed by atoms with Gasteiger partial charge in [-0.1, -0.05) is 212 Å². The first kappa shape index (κ1) is 36.5. The Kier molecular flexibility index (Phi) is 7.56. The first-order chi connectivity index (χ1) is 33.2. The van der Waals surface area contributed by atoms with Gasteiger partial charge in [0.1, 0.15) is 11.2 Å². The largest absolute Gasteiger partial charge is 0.455 e. The van der Waals surface area contributed by atoms with Gasteiger partial charge in [-0.05, 0) is 144 Å². The Morgan fingerprint density at radius 2 is 0.642 bits per heavy atom. The van der Waals surface area contributed by atoms with Crippen LogP contribution in [0.1, 0.15) is 0 Å². The van der Waals surface area contributed by atoms with Crippen LogP contribution in [-0.2, 0) is 0 Å². The average molecular weight is 847 g/mol.